The van der Waals surface area contributed by atoms with Crippen molar-refractivity contribution in [2.45, 2.75) is 20.0 Å². The van der Waals surface area contributed by atoms with Crippen molar-refractivity contribution >= 4 is 11.8 Å². The standard InChI is InChI=1S/C20H22N2O6/c1-3-25-14-7-9-15(10-8-14)28-13(2)19(23)21-22-20(24)16-5-4-6-17-18(16)27-12-11-26-17/h4-10,13H,3,11-12H2,1-2H3,(H,21,23)(H,22,24). The minimum absolute atomic E-state index is 0.276. The molecule has 0 fully saturated rings. The fourth-order valence-corrected chi connectivity index (χ4v) is 2.58. The van der Waals surface area contributed by atoms with Crippen LogP contribution in [0, 0.1) is 0 Å². The minimum Gasteiger partial charge on any atom is -0.494 e. The molecule has 0 aromatic heterocycles. The summed E-state index contributed by atoms with van der Waals surface area (Å²) in [6.45, 7) is 4.83. The summed E-state index contributed by atoms with van der Waals surface area (Å²) in [6, 6.07) is 11.9. The van der Waals surface area contributed by atoms with Crippen molar-refractivity contribution in [1.29, 1.82) is 0 Å². The van der Waals surface area contributed by atoms with Crippen molar-refractivity contribution in [3.63, 3.8) is 0 Å². The van der Waals surface area contributed by atoms with Crippen LogP contribution in [-0.2, 0) is 4.79 Å². The molecule has 2 aromatic rings. The third kappa shape index (κ3) is 4.64. The van der Waals surface area contributed by atoms with E-state index in [1.807, 2.05) is 6.92 Å². The van der Waals surface area contributed by atoms with Crippen LogP contribution < -0.4 is 29.8 Å². The van der Waals surface area contributed by atoms with E-state index < -0.39 is 17.9 Å². The van der Waals surface area contributed by atoms with E-state index in [1.54, 1.807) is 49.4 Å². The van der Waals surface area contributed by atoms with E-state index in [-0.39, 0.29) is 5.56 Å². The van der Waals surface area contributed by atoms with E-state index in [9.17, 15) is 9.59 Å². The summed E-state index contributed by atoms with van der Waals surface area (Å²) in [5, 5.41) is 0. The number of benzene rings is 2. The molecular weight excluding hydrogens is 364 g/mol. The van der Waals surface area contributed by atoms with Crippen LogP contribution >= 0.6 is 0 Å². The number of nitrogens with one attached hydrogen (secondary N) is 2. The maximum absolute atomic E-state index is 12.4. The van der Waals surface area contributed by atoms with Crippen LogP contribution in [0.3, 0.4) is 0 Å². The van der Waals surface area contributed by atoms with Crippen LogP contribution in [0.2, 0.25) is 0 Å². The van der Waals surface area contributed by atoms with Crippen LogP contribution in [-0.4, -0.2) is 37.7 Å². The normalized spacial score (nSPS) is 13.2. The third-order valence-corrected chi connectivity index (χ3v) is 3.93. The van der Waals surface area contributed by atoms with Gasteiger partial charge in [-0.15, -0.1) is 0 Å². The summed E-state index contributed by atoms with van der Waals surface area (Å²) >= 11 is 0. The number of hydrogen-bond acceptors (Lipinski definition) is 6. The Labute approximate surface area is 162 Å². The highest BCUT2D eigenvalue weighted by Crippen LogP contribution is 2.33. The first-order valence-electron chi connectivity index (χ1n) is 8.96. The molecule has 2 amide bonds. The molecule has 1 aliphatic rings. The Bertz CT molecular complexity index is 837. The lowest BCUT2D eigenvalue weighted by atomic mass is 10.1. The molecule has 1 aliphatic heterocycles. The maximum atomic E-state index is 12.4. The Hall–Kier alpha value is -3.42. The Balaban J connectivity index is 1.54. The second kappa shape index (κ2) is 8.98. The zero-order chi connectivity index (χ0) is 19.9. The molecule has 1 atom stereocenters. The molecular formula is C20H22N2O6. The molecule has 1 unspecified atom stereocenters. The zero-order valence-electron chi connectivity index (χ0n) is 15.7. The number of fused-ring (bicyclic) bond motifs is 1. The number of carbonyl (C=O) groups is 2. The molecule has 8 heteroatoms. The van der Waals surface area contributed by atoms with Crippen LogP contribution in [0.4, 0.5) is 0 Å². The monoisotopic (exact) mass is 386 g/mol. The molecule has 0 aliphatic carbocycles. The minimum atomic E-state index is -0.817. The second-order valence-electron chi connectivity index (χ2n) is 5.94. The molecule has 0 spiro atoms. The van der Waals surface area contributed by atoms with Gasteiger partial charge in [0.05, 0.1) is 12.2 Å². The highest BCUT2D eigenvalue weighted by molar-refractivity contribution is 5.99. The fourth-order valence-electron chi connectivity index (χ4n) is 2.58. The maximum Gasteiger partial charge on any atom is 0.279 e. The quantitative estimate of drug-likeness (QED) is 0.738. The van der Waals surface area contributed by atoms with Gasteiger partial charge >= 0.3 is 0 Å². The molecule has 0 bridgehead atoms. The highest BCUT2D eigenvalue weighted by Gasteiger charge is 2.21. The summed E-state index contributed by atoms with van der Waals surface area (Å²) < 4.78 is 21.9. The molecule has 148 valence electrons. The highest BCUT2D eigenvalue weighted by atomic mass is 16.6. The van der Waals surface area contributed by atoms with E-state index in [1.165, 1.54) is 0 Å². The lowest BCUT2D eigenvalue weighted by molar-refractivity contribution is -0.128. The third-order valence-electron chi connectivity index (χ3n) is 3.93. The number of rotatable bonds is 6. The molecule has 0 radical (unpaired) electrons. The van der Waals surface area contributed by atoms with E-state index in [2.05, 4.69) is 10.9 Å². The second-order valence-corrected chi connectivity index (χ2v) is 5.94. The van der Waals surface area contributed by atoms with Crippen molar-refractivity contribution in [2.24, 2.45) is 0 Å². The zero-order valence-corrected chi connectivity index (χ0v) is 15.7. The number of carbonyl (C=O) groups excluding carboxylic acids is 2. The van der Waals surface area contributed by atoms with E-state index in [4.69, 9.17) is 18.9 Å². The van der Waals surface area contributed by atoms with Crippen molar-refractivity contribution in [3.8, 4) is 23.0 Å². The van der Waals surface area contributed by atoms with Crippen molar-refractivity contribution in [1.82, 2.24) is 10.9 Å². The summed E-state index contributed by atoms with van der Waals surface area (Å²) in [4.78, 5) is 24.6. The molecule has 1 heterocycles. The first kappa shape index (κ1) is 19.3. The average molecular weight is 386 g/mol. The lowest BCUT2D eigenvalue weighted by Crippen LogP contribution is -2.47. The summed E-state index contributed by atoms with van der Waals surface area (Å²) in [7, 11) is 0. The SMILES string of the molecule is CCOc1ccc(OC(C)C(=O)NNC(=O)c2cccc3c2OCCO3)cc1. The number of amides is 2. The van der Waals surface area contributed by atoms with Gasteiger partial charge in [-0.05, 0) is 50.2 Å². The first-order chi connectivity index (χ1) is 13.6. The van der Waals surface area contributed by atoms with Gasteiger partial charge in [-0.3, -0.25) is 20.4 Å². The molecule has 0 saturated carbocycles. The van der Waals surface area contributed by atoms with Gasteiger partial charge in [0.15, 0.2) is 17.6 Å². The van der Waals surface area contributed by atoms with Crippen LogP contribution in [0.5, 0.6) is 23.0 Å². The van der Waals surface area contributed by atoms with Crippen molar-refractivity contribution < 1.29 is 28.5 Å². The van der Waals surface area contributed by atoms with Crippen LogP contribution in [0.15, 0.2) is 42.5 Å². The van der Waals surface area contributed by atoms with Crippen molar-refractivity contribution in [2.75, 3.05) is 19.8 Å². The Morgan fingerprint density at radius 3 is 2.50 bits per heavy atom. The van der Waals surface area contributed by atoms with E-state index in [0.29, 0.717) is 37.1 Å². The smallest absolute Gasteiger partial charge is 0.279 e. The van der Waals surface area contributed by atoms with Gasteiger partial charge in [0.2, 0.25) is 0 Å². The molecule has 2 aromatic carbocycles. The first-order valence-corrected chi connectivity index (χ1v) is 8.96. The largest absolute Gasteiger partial charge is 0.494 e. The van der Waals surface area contributed by atoms with E-state index >= 15 is 0 Å². The molecule has 28 heavy (non-hydrogen) atoms. The Kier molecular flexibility index (Phi) is 6.21. The molecule has 0 saturated heterocycles. The fraction of sp³-hybridized carbons (Fsp3) is 0.300. The topological polar surface area (TPSA) is 95.1 Å². The van der Waals surface area contributed by atoms with E-state index in [0.717, 1.165) is 5.75 Å². The summed E-state index contributed by atoms with van der Waals surface area (Å²) in [5.74, 6) is 1.08. The predicted octanol–water partition coefficient (Wildman–Crippen LogP) is 2.08. The van der Waals surface area contributed by atoms with Gasteiger partial charge in [-0.2, -0.15) is 0 Å². The van der Waals surface area contributed by atoms with Gasteiger partial charge in [0.1, 0.15) is 24.7 Å². The molecule has 2 N–H and O–H groups in total. The van der Waals surface area contributed by atoms with Gasteiger partial charge < -0.3 is 18.9 Å². The predicted molar refractivity (Wildman–Crippen MR) is 101 cm³/mol. The number of para-hydroxylation sites is 1. The number of hydrogen-bond donors (Lipinski definition) is 2. The van der Waals surface area contributed by atoms with Crippen LogP contribution in [0.25, 0.3) is 0 Å². The van der Waals surface area contributed by atoms with Gasteiger partial charge in [0.25, 0.3) is 11.8 Å². The van der Waals surface area contributed by atoms with Gasteiger partial charge in [-0.25, -0.2) is 0 Å². The number of hydrazine groups is 1. The van der Waals surface area contributed by atoms with Gasteiger partial charge in [0, 0.05) is 0 Å². The van der Waals surface area contributed by atoms with Crippen molar-refractivity contribution in [3.05, 3.63) is 48.0 Å². The Morgan fingerprint density at radius 1 is 1.04 bits per heavy atom. The summed E-state index contributed by atoms with van der Waals surface area (Å²) in [6.07, 6.45) is -0.817. The lowest BCUT2D eigenvalue weighted by Gasteiger charge is -2.21. The summed E-state index contributed by atoms with van der Waals surface area (Å²) in [5.41, 5.74) is 5.00. The average Bonchev–Trinajstić information content (AvgIpc) is 2.73. The van der Waals surface area contributed by atoms with Gasteiger partial charge in [-0.1, -0.05) is 6.07 Å². The van der Waals surface area contributed by atoms with Crippen LogP contribution in [0.1, 0.15) is 24.2 Å². The number of ether oxygens (including phenoxy) is 4. The molecule has 8 nitrogen and oxygen atoms in total. The Morgan fingerprint density at radius 2 is 1.75 bits per heavy atom. The molecule has 3 rings (SSSR count).